The largest absolute Gasteiger partial charge is 0.489 e. The van der Waals surface area contributed by atoms with Crippen LogP contribution in [0.15, 0.2) is 22.7 Å². The van der Waals surface area contributed by atoms with Gasteiger partial charge >= 0.3 is 0 Å². The highest BCUT2D eigenvalue weighted by atomic mass is 79.9. The van der Waals surface area contributed by atoms with Crippen molar-refractivity contribution in [1.29, 1.82) is 0 Å². The molecule has 1 saturated heterocycles. The van der Waals surface area contributed by atoms with E-state index in [0.29, 0.717) is 5.75 Å². The summed E-state index contributed by atoms with van der Waals surface area (Å²) >= 11 is 3.41. The van der Waals surface area contributed by atoms with Gasteiger partial charge in [-0.25, -0.2) is 4.39 Å². The molecule has 1 aliphatic carbocycles. The molecule has 0 amide bonds. The zero-order valence-corrected chi connectivity index (χ0v) is 12.4. The molecule has 2 nitrogen and oxygen atoms in total. The molecule has 0 aromatic heterocycles. The van der Waals surface area contributed by atoms with Gasteiger partial charge in [0.05, 0.1) is 16.7 Å². The van der Waals surface area contributed by atoms with Crippen molar-refractivity contribution in [1.82, 2.24) is 0 Å². The minimum absolute atomic E-state index is 0.0305. The Balaban J connectivity index is 1.70. The number of ether oxygens (including phenoxy) is 2. The fraction of sp³-hybridized carbons (Fsp3) is 0.600. The van der Waals surface area contributed by atoms with Crippen molar-refractivity contribution >= 4 is 15.9 Å². The van der Waals surface area contributed by atoms with Crippen molar-refractivity contribution < 1.29 is 13.9 Å². The van der Waals surface area contributed by atoms with E-state index in [9.17, 15) is 4.39 Å². The Labute approximate surface area is 121 Å². The highest BCUT2D eigenvalue weighted by molar-refractivity contribution is 9.10. The molecule has 3 rings (SSSR count). The number of hydrogen-bond acceptors (Lipinski definition) is 2. The van der Waals surface area contributed by atoms with Crippen LogP contribution >= 0.6 is 15.9 Å². The van der Waals surface area contributed by atoms with E-state index >= 15 is 0 Å². The summed E-state index contributed by atoms with van der Waals surface area (Å²) in [6.07, 6.45) is 6.70. The second-order valence-electron chi connectivity index (χ2n) is 5.55. The topological polar surface area (TPSA) is 18.5 Å². The van der Waals surface area contributed by atoms with Gasteiger partial charge < -0.3 is 9.47 Å². The van der Waals surface area contributed by atoms with Gasteiger partial charge in [-0.1, -0.05) is 12.8 Å². The van der Waals surface area contributed by atoms with Crippen LogP contribution in [0.3, 0.4) is 0 Å². The molecule has 0 radical (unpaired) electrons. The lowest BCUT2D eigenvalue weighted by Crippen LogP contribution is -2.41. The van der Waals surface area contributed by atoms with Crippen LogP contribution in [-0.4, -0.2) is 18.3 Å². The second-order valence-corrected chi connectivity index (χ2v) is 6.40. The minimum Gasteiger partial charge on any atom is -0.489 e. The van der Waals surface area contributed by atoms with E-state index in [1.807, 2.05) is 0 Å². The van der Waals surface area contributed by atoms with Gasteiger partial charge in [-0.2, -0.15) is 0 Å². The average molecular weight is 329 g/mol. The molecule has 1 heterocycles. The summed E-state index contributed by atoms with van der Waals surface area (Å²) in [5.74, 6) is 0.334. The Morgan fingerprint density at radius 2 is 2.11 bits per heavy atom. The van der Waals surface area contributed by atoms with Crippen molar-refractivity contribution in [3.63, 3.8) is 0 Å². The Morgan fingerprint density at radius 3 is 2.89 bits per heavy atom. The van der Waals surface area contributed by atoms with Gasteiger partial charge in [0, 0.05) is 18.9 Å². The maximum absolute atomic E-state index is 13.3. The van der Waals surface area contributed by atoms with Gasteiger partial charge in [0.2, 0.25) is 0 Å². The lowest BCUT2D eigenvalue weighted by atomic mass is 9.90. The van der Waals surface area contributed by atoms with Crippen LogP contribution in [0.25, 0.3) is 0 Å². The van der Waals surface area contributed by atoms with Crippen LogP contribution in [0, 0.1) is 5.82 Å². The molecule has 1 aromatic carbocycles. The van der Waals surface area contributed by atoms with E-state index < -0.39 is 0 Å². The summed E-state index contributed by atoms with van der Waals surface area (Å²) in [5.41, 5.74) is 0.0305. The van der Waals surface area contributed by atoms with Gasteiger partial charge in [0.25, 0.3) is 0 Å². The molecule has 1 aliphatic heterocycles. The summed E-state index contributed by atoms with van der Waals surface area (Å²) in [6, 6.07) is 4.57. The van der Waals surface area contributed by atoms with Crippen LogP contribution in [0.1, 0.15) is 38.5 Å². The van der Waals surface area contributed by atoms with E-state index in [1.165, 1.54) is 25.0 Å². The molecule has 1 aromatic rings. The quantitative estimate of drug-likeness (QED) is 0.798. The van der Waals surface area contributed by atoms with Gasteiger partial charge in [-0.05, 0) is 40.9 Å². The van der Waals surface area contributed by atoms with Crippen LogP contribution in [0.2, 0.25) is 0 Å². The Hall–Kier alpha value is -0.610. The average Bonchev–Trinajstić information content (AvgIpc) is 2.82. The molecule has 104 valence electrons. The standard InChI is InChI=1S/C15H18BrFO2/c16-13-4-3-11(17)9-14(13)19-12-5-8-18-15(10-12)6-1-2-7-15/h3-4,9,12H,1-2,5-8,10H2. The third kappa shape index (κ3) is 2.95. The van der Waals surface area contributed by atoms with Crippen LogP contribution < -0.4 is 4.74 Å². The zero-order valence-electron chi connectivity index (χ0n) is 10.8. The van der Waals surface area contributed by atoms with E-state index in [4.69, 9.17) is 9.47 Å². The van der Waals surface area contributed by atoms with Crippen LogP contribution in [0.5, 0.6) is 5.75 Å². The molecule has 1 saturated carbocycles. The molecule has 19 heavy (non-hydrogen) atoms. The molecular formula is C15H18BrFO2. The third-order valence-electron chi connectivity index (χ3n) is 4.15. The third-order valence-corrected chi connectivity index (χ3v) is 4.80. The van der Waals surface area contributed by atoms with Gasteiger partial charge in [0.1, 0.15) is 17.7 Å². The molecule has 2 fully saturated rings. The molecule has 1 unspecified atom stereocenters. The number of halogens is 2. The maximum Gasteiger partial charge on any atom is 0.136 e. The number of hydrogen-bond donors (Lipinski definition) is 0. The first-order valence-electron chi connectivity index (χ1n) is 6.93. The fourth-order valence-electron chi connectivity index (χ4n) is 3.20. The van der Waals surface area contributed by atoms with E-state index in [1.54, 1.807) is 6.07 Å². The molecule has 2 aliphatic rings. The summed E-state index contributed by atoms with van der Waals surface area (Å²) in [5, 5.41) is 0. The van der Waals surface area contributed by atoms with Crippen molar-refractivity contribution in [3.05, 3.63) is 28.5 Å². The normalized spacial score (nSPS) is 25.7. The van der Waals surface area contributed by atoms with Gasteiger partial charge in [-0.3, -0.25) is 0 Å². The number of rotatable bonds is 2. The Morgan fingerprint density at radius 1 is 1.32 bits per heavy atom. The molecule has 1 spiro atoms. The van der Waals surface area contributed by atoms with Crippen molar-refractivity contribution in [2.45, 2.75) is 50.2 Å². The lowest BCUT2D eigenvalue weighted by Gasteiger charge is -2.38. The van der Waals surface area contributed by atoms with E-state index in [0.717, 1.165) is 36.8 Å². The molecule has 1 atom stereocenters. The van der Waals surface area contributed by atoms with Gasteiger partial charge in [-0.15, -0.1) is 0 Å². The number of benzene rings is 1. The van der Waals surface area contributed by atoms with Crippen molar-refractivity contribution in [2.75, 3.05) is 6.61 Å². The fourth-order valence-corrected chi connectivity index (χ4v) is 3.54. The summed E-state index contributed by atoms with van der Waals surface area (Å²) in [4.78, 5) is 0. The molecule has 4 heteroatoms. The molecule has 0 bridgehead atoms. The minimum atomic E-state index is -0.263. The first kappa shape index (κ1) is 13.4. The zero-order chi connectivity index (χ0) is 13.3. The van der Waals surface area contributed by atoms with Crippen LogP contribution in [0.4, 0.5) is 4.39 Å². The predicted molar refractivity (Wildman–Crippen MR) is 74.9 cm³/mol. The highest BCUT2D eigenvalue weighted by Gasteiger charge is 2.40. The SMILES string of the molecule is Fc1ccc(Br)c(OC2CCOC3(CCCC3)C2)c1. The maximum atomic E-state index is 13.3. The van der Waals surface area contributed by atoms with Crippen molar-refractivity contribution in [2.24, 2.45) is 0 Å². The summed E-state index contributed by atoms with van der Waals surface area (Å²) < 4.78 is 26.0. The van der Waals surface area contributed by atoms with Gasteiger partial charge in [0.15, 0.2) is 0 Å². The molecular weight excluding hydrogens is 311 g/mol. The van der Waals surface area contributed by atoms with Crippen molar-refractivity contribution in [3.8, 4) is 5.75 Å². The molecule has 0 N–H and O–H groups in total. The van der Waals surface area contributed by atoms with Crippen LogP contribution in [-0.2, 0) is 4.74 Å². The first-order chi connectivity index (χ1) is 9.17. The summed E-state index contributed by atoms with van der Waals surface area (Å²) in [6.45, 7) is 0.748. The summed E-state index contributed by atoms with van der Waals surface area (Å²) in [7, 11) is 0. The van der Waals surface area contributed by atoms with E-state index in [-0.39, 0.29) is 17.5 Å². The van der Waals surface area contributed by atoms with E-state index in [2.05, 4.69) is 15.9 Å². The smallest absolute Gasteiger partial charge is 0.136 e. The lowest BCUT2D eigenvalue weighted by molar-refractivity contribution is -0.108. The Bertz CT molecular complexity index is 457. The highest BCUT2D eigenvalue weighted by Crippen LogP contribution is 2.41. The Kier molecular flexibility index (Phi) is 3.81. The second kappa shape index (κ2) is 5.41. The monoisotopic (exact) mass is 328 g/mol. The first-order valence-corrected chi connectivity index (χ1v) is 7.72. The predicted octanol–water partition coefficient (Wildman–Crippen LogP) is 4.46.